The van der Waals surface area contributed by atoms with Crippen molar-refractivity contribution >= 4 is 23.0 Å². The molecule has 1 heterocycles. The maximum absolute atomic E-state index is 11.5. The Morgan fingerprint density at radius 2 is 1.94 bits per heavy atom. The van der Waals surface area contributed by atoms with Gasteiger partial charge in [0.25, 0.3) is 0 Å². The third-order valence-electron chi connectivity index (χ3n) is 1.89. The Bertz CT molecular complexity index is 472. The molecule has 1 aromatic carbocycles. The molecule has 0 aliphatic carbocycles. The average molecular weight is 230 g/mol. The number of carbonyl (C=O) groups excluding carboxylic acids is 1. The standard InChI is InChI=1S/C13H10O2S/c14-13(9-8-11-5-4-10-15-11)16-12-6-2-1-3-7-12/h1-10H/b9-8+. The number of hydrogen-bond acceptors (Lipinski definition) is 3. The molecule has 1 aromatic heterocycles. The molecule has 0 aliphatic heterocycles. The van der Waals surface area contributed by atoms with Crippen LogP contribution in [-0.2, 0) is 4.79 Å². The van der Waals surface area contributed by atoms with Crippen LogP contribution in [0.2, 0.25) is 0 Å². The van der Waals surface area contributed by atoms with Crippen molar-refractivity contribution in [1.82, 2.24) is 0 Å². The molecule has 0 amide bonds. The monoisotopic (exact) mass is 230 g/mol. The number of furan rings is 1. The van der Waals surface area contributed by atoms with Gasteiger partial charge in [0, 0.05) is 4.90 Å². The second kappa shape index (κ2) is 5.37. The fraction of sp³-hybridized carbons (Fsp3) is 0. The Morgan fingerprint density at radius 1 is 1.12 bits per heavy atom. The molecule has 2 aromatic rings. The zero-order valence-corrected chi connectivity index (χ0v) is 9.31. The van der Waals surface area contributed by atoms with Crippen LogP contribution in [0.3, 0.4) is 0 Å². The minimum absolute atomic E-state index is 0.0115. The fourth-order valence-corrected chi connectivity index (χ4v) is 1.84. The van der Waals surface area contributed by atoms with Crippen LogP contribution >= 0.6 is 11.8 Å². The molecule has 0 saturated carbocycles. The van der Waals surface area contributed by atoms with Crippen LogP contribution in [0.4, 0.5) is 0 Å². The maximum atomic E-state index is 11.5. The van der Waals surface area contributed by atoms with E-state index in [2.05, 4.69) is 0 Å². The lowest BCUT2D eigenvalue weighted by molar-refractivity contribution is -0.107. The van der Waals surface area contributed by atoms with Crippen molar-refractivity contribution in [3.63, 3.8) is 0 Å². The Labute approximate surface area is 98.0 Å². The summed E-state index contributed by atoms with van der Waals surface area (Å²) in [5.41, 5.74) is 0. The number of carbonyl (C=O) groups is 1. The highest BCUT2D eigenvalue weighted by Crippen LogP contribution is 2.18. The molecule has 0 radical (unpaired) electrons. The van der Waals surface area contributed by atoms with Crippen molar-refractivity contribution in [2.24, 2.45) is 0 Å². The van der Waals surface area contributed by atoms with Crippen LogP contribution in [0.1, 0.15) is 5.76 Å². The average Bonchev–Trinajstić information content (AvgIpc) is 2.81. The lowest BCUT2D eigenvalue weighted by Gasteiger charge is -1.94. The second-order valence-corrected chi connectivity index (χ2v) is 4.16. The molecule has 80 valence electrons. The van der Waals surface area contributed by atoms with E-state index in [4.69, 9.17) is 4.42 Å². The fourth-order valence-electron chi connectivity index (χ4n) is 1.17. The largest absolute Gasteiger partial charge is 0.465 e. The van der Waals surface area contributed by atoms with E-state index in [1.807, 2.05) is 30.3 Å². The van der Waals surface area contributed by atoms with Crippen LogP contribution in [0, 0.1) is 0 Å². The zero-order chi connectivity index (χ0) is 11.2. The van der Waals surface area contributed by atoms with Gasteiger partial charge in [-0.15, -0.1) is 0 Å². The molecule has 2 nitrogen and oxygen atoms in total. The van der Waals surface area contributed by atoms with Crippen LogP contribution in [0.15, 0.2) is 64.1 Å². The predicted molar refractivity (Wildman–Crippen MR) is 65.0 cm³/mol. The Hall–Kier alpha value is -1.74. The molecule has 0 atom stereocenters. The first-order valence-electron chi connectivity index (χ1n) is 4.83. The van der Waals surface area contributed by atoms with Crippen molar-refractivity contribution in [2.75, 3.05) is 0 Å². The first kappa shape index (κ1) is 10.8. The molecule has 3 heteroatoms. The molecular formula is C13H10O2S. The van der Waals surface area contributed by atoms with Gasteiger partial charge in [0.15, 0.2) is 0 Å². The van der Waals surface area contributed by atoms with Crippen molar-refractivity contribution in [3.8, 4) is 0 Å². The van der Waals surface area contributed by atoms with Crippen LogP contribution in [0.5, 0.6) is 0 Å². The molecule has 0 fully saturated rings. The minimum atomic E-state index is -0.0115. The summed E-state index contributed by atoms with van der Waals surface area (Å²) in [6.45, 7) is 0. The van der Waals surface area contributed by atoms with Crippen molar-refractivity contribution in [3.05, 3.63) is 60.6 Å². The van der Waals surface area contributed by atoms with Gasteiger partial charge in [-0.3, -0.25) is 4.79 Å². The lowest BCUT2D eigenvalue weighted by atomic mass is 10.4. The molecular weight excluding hydrogens is 220 g/mol. The molecule has 0 unspecified atom stereocenters. The van der Waals surface area contributed by atoms with E-state index in [1.54, 1.807) is 24.5 Å². The summed E-state index contributed by atoms with van der Waals surface area (Å²) in [5, 5.41) is -0.0115. The van der Waals surface area contributed by atoms with Gasteiger partial charge in [0.1, 0.15) is 5.76 Å². The quantitative estimate of drug-likeness (QED) is 0.596. The van der Waals surface area contributed by atoms with Crippen molar-refractivity contribution in [1.29, 1.82) is 0 Å². The first-order chi connectivity index (χ1) is 7.84. The summed E-state index contributed by atoms with van der Waals surface area (Å²) in [6, 6.07) is 13.1. The highest BCUT2D eigenvalue weighted by Gasteiger charge is 1.99. The third kappa shape index (κ3) is 3.14. The van der Waals surface area contributed by atoms with Crippen LogP contribution in [0.25, 0.3) is 6.08 Å². The first-order valence-corrected chi connectivity index (χ1v) is 5.65. The predicted octanol–water partition coefficient (Wildman–Crippen LogP) is 3.61. The highest BCUT2D eigenvalue weighted by atomic mass is 32.2. The maximum Gasteiger partial charge on any atom is 0.217 e. The van der Waals surface area contributed by atoms with Gasteiger partial charge in [-0.05, 0) is 48.2 Å². The van der Waals surface area contributed by atoms with Crippen molar-refractivity contribution in [2.45, 2.75) is 4.90 Å². The van der Waals surface area contributed by atoms with E-state index in [1.165, 1.54) is 17.8 Å². The molecule has 2 rings (SSSR count). The number of thioether (sulfide) groups is 1. The van der Waals surface area contributed by atoms with Gasteiger partial charge in [0.05, 0.1) is 6.26 Å². The summed E-state index contributed by atoms with van der Waals surface area (Å²) < 4.78 is 5.09. The van der Waals surface area contributed by atoms with Crippen LogP contribution < -0.4 is 0 Å². The highest BCUT2D eigenvalue weighted by molar-refractivity contribution is 8.14. The van der Waals surface area contributed by atoms with Crippen molar-refractivity contribution < 1.29 is 9.21 Å². The van der Waals surface area contributed by atoms with Gasteiger partial charge in [0.2, 0.25) is 5.12 Å². The molecule has 0 bridgehead atoms. The normalized spacial score (nSPS) is 10.8. The Morgan fingerprint density at radius 3 is 2.62 bits per heavy atom. The second-order valence-electron chi connectivity index (χ2n) is 3.08. The number of benzene rings is 1. The Balaban J connectivity index is 1.95. The molecule has 16 heavy (non-hydrogen) atoms. The summed E-state index contributed by atoms with van der Waals surface area (Å²) in [6.07, 6.45) is 4.75. The van der Waals surface area contributed by atoms with E-state index in [0.717, 1.165) is 4.90 Å². The smallest absolute Gasteiger partial charge is 0.217 e. The lowest BCUT2D eigenvalue weighted by Crippen LogP contribution is -1.83. The summed E-state index contributed by atoms with van der Waals surface area (Å²) in [7, 11) is 0. The van der Waals surface area contributed by atoms with E-state index < -0.39 is 0 Å². The topological polar surface area (TPSA) is 30.2 Å². The van der Waals surface area contributed by atoms with Gasteiger partial charge in [-0.2, -0.15) is 0 Å². The van der Waals surface area contributed by atoms with Gasteiger partial charge in [-0.25, -0.2) is 0 Å². The molecule has 0 aliphatic rings. The van der Waals surface area contributed by atoms with Gasteiger partial charge >= 0.3 is 0 Å². The Kier molecular flexibility index (Phi) is 3.62. The van der Waals surface area contributed by atoms with E-state index in [-0.39, 0.29) is 5.12 Å². The molecule has 0 saturated heterocycles. The minimum Gasteiger partial charge on any atom is -0.465 e. The van der Waals surface area contributed by atoms with Crippen LogP contribution in [-0.4, -0.2) is 5.12 Å². The van der Waals surface area contributed by atoms with E-state index >= 15 is 0 Å². The number of hydrogen-bond donors (Lipinski definition) is 0. The summed E-state index contributed by atoms with van der Waals surface area (Å²) in [5.74, 6) is 0.682. The van der Waals surface area contributed by atoms with E-state index in [0.29, 0.717) is 5.76 Å². The summed E-state index contributed by atoms with van der Waals surface area (Å²) >= 11 is 1.20. The van der Waals surface area contributed by atoms with Gasteiger partial charge < -0.3 is 4.42 Å². The van der Waals surface area contributed by atoms with E-state index in [9.17, 15) is 4.79 Å². The molecule has 0 N–H and O–H groups in total. The van der Waals surface area contributed by atoms with Gasteiger partial charge in [-0.1, -0.05) is 18.2 Å². The molecule has 0 spiro atoms. The zero-order valence-electron chi connectivity index (χ0n) is 8.50. The SMILES string of the molecule is O=C(/C=C/c1ccco1)Sc1ccccc1. The third-order valence-corrected chi connectivity index (χ3v) is 2.73. The summed E-state index contributed by atoms with van der Waals surface area (Å²) in [4.78, 5) is 12.5. The number of rotatable bonds is 3.